The van der Waals surface area contributed by atoms with Crippen molar-refractivity contribution in [3.63, 3.8) is 0 Å². The summed E-state index contributed by atoms with van der Waals surface area (Å²) >= 11 is 0. The lowest BCUT2D eigenvalue weighted by Crippen LogP contribution is -2.47. The van der Waals surface area contributed by atoms with Gasteiger partial charge in [-0.2, -0.15) is 4.98 Å². The Hall–Kier alpha value is -2.06. The number of rotatable bonds is 5. The van der Waals surface area contributed by atoms with E-state index in [0.29, 0.717) is 18.3 Å². The van der Waals surface area contributed by atoms with Crippen molar-refractivity contribution >= 4 is 5.82 Å². The number of aryl methyl sites for hydroxylation is 1. The van der Waals surface area contributed by atoms with Crippen LogP contribution < -0.4 is 4.90 Å². The number of hydrogen-bond acceptors (Lipinski definition) is 8. The van der Waals surface area contributed by atoms with E-state index in [4.69, 9.17) is 9.26 Å². The smallest absolute Gasteiger partial charge is 0.243 e. The molecule has 0 bridgehead atoms. The summed E-state index contributed by atoms with van der Waals surface area (Å²) in [6, 6.07) is 0.0956. The number of ether oxygens (including phenoxy) is 1. The fourth-order valence-corrected chi connectivity index (χ4v) is 2.81. The Bertz CT molecular complexity index is 638. The maximum Gasteiger partial charge on any atom is 0.243 e. The van der Waals surface area contributed by atoms with Crippen molar-refractivity contribution in [2.45, 2.75) is 26.5 Å². The summed E-state index contributed by atoms with van der Waals surface area (Å²) in [6.45, 7) is 8.10. The van der Waals surface area contributed by atoms with Crippen molar-refractivity contribution in [3.8, 4) is 0 Å². The first-order valence-corrected chi connectivity index (χ1v) is 7.77. The van der Waals surface area contributed by atoms with Crippen LogP contribution in [-0.2, 0) is 11.3 Å². The van der Waals surface area contributed by atoms with E-state index in [1.165, 1.54) is 0 Å². The Morgan fingerprint density at radius 3 is 2.65 bits per heavy atom. The van der Waals surface area contributed by atoms with E-state index in [9.17, 15) is 0 Å². The van der Waals surface area contributed by atoms with Crippen LogP contribution in [0, 0.1) is 6.92 Å². The molecule has 1 aliphatic rings. The zero-order valence-corrected chi connectivity index (χ0v) is 13.8. The highest BCUT2D eigenvalue weighted by Gasteiger charge is 2.26. The molecule has 2 aromatic rings. The molecule has 1 aliphatic heterocycles. The van der Waals surface area contributed by atoms with Gasteiger partial charge >= 0.3 is 0 Å². The van der Waals surface area contributed by atoms with Crippen molar-refractivity contribution < 1.29 is 9.26 Å². The van der Waals surface area contributed by atoms with Gasteiger partial charge in [-0.3, -0.25) is 9.88 Å². The molecule has 0 radical (unpaired) electrons. The number of methoxy groups -OCH3 is 1. The second-order valence-corrected chi connectivity index (χ2v) is 5.65. The Labute approximate surface area is 135 Å². The van der Waals surface area contributed by atoms with Gasteiger partial charge in [-0.05, 0) is 13.8 Å². The molecular weight excluding hydrogens is 296 g/mol. The summed E-state index contributed by atoms with van der Waals surface area (Å²) in [5, 5.41) is 3.93. The minimum atomic E-state index is 0.0956. The van der Waals surface area contributed by atoms with Crippen LogP contribution in [0.2, 0.25) is 0 Å². The lowest BCUT2D eigenvalue weighted by molar-refractivity contribution is 0.162. The molecule has 0 amide bonds. The Balaban J connectivity index is 1.60. The second kappa shape index (κ2) is 7.01. The van der Waals surface area contributed by atoms with Gasteiger partial charge in [0.1, 0.15) is 12.4 Å². The van der Waals surface area contributed by atoms with Gasteiger partial charge in [0.25, 0.3) is 0 Å². The van der Waals surface area contributed by atoms with Crippen molar-refractivity contribution in [1.82, 2.24) is 25.0 Å². The minimum absolute atomic E-state index is 0.0956. The van der Waals surface area contributed by atoms with Crippen LogP contribution in [0.15, 0.2) is 16.9 Å². The third-order valence-electron chi connectivity index (χ3n) is 4.13. The minimum Gasteiger partial charge on any atom is -0.377 e. The van der Waals surface area contributed by atoms with Crippen LogP contribution in [0.1, 0.15) is 30.4 Å². The molecule has 0 aliphatic carbocycles. The summed E-state index contributed by atoms with van der Waals surface area (Å²) in [5.74, 6) is 2.20. The van der Waals surface area contributed by atoms with E-state index in [0.717, 1.165) is 37.7 Å². The summed E-state index contributed by atoms with van der Waals surface area (Å²) in [7, 11) is 1.62. The first-order chi connectivity index (χ1) is 11.2. The van der Waals surface area contributed by atoms with Crippen molar-refractivity contribution in [3.05, 3.63) is 29.8 Å². The third-order valence-corrected chi connectivity index (χ3v) is 4.13. The first-order valence-electron chi connectivity index (χ1n) is 7.77. The monoisotopic (exact) mass is 318 g/mol. The molecular formula is C15H22N6O2. The quantitative estimate of drug-likeness (QED) is 0.813. The van der Waals surface area contributed by atoms with Crippen LogP contribution in [0.5, 0.6) is 0 Å². The Morgan fingerprint density at radius 1 is 1.22 bits per heavy atom. The lowest BCUT2D eigenvalue weighted by atomic mass is 10.2. The van der Waals surface area contributed by atoms with Gasteiger partial charge in [-0.1, -0.05) is 5.16 Å². The molecule has 1 atom stereocenters. The summed E-state index contributed by atoms with van der Waals surface area (Å²) in [4.78, 5) is 17.8. The second-order valence-electron chi connectivity index (χ2n) is 5.65. The molecule has 1 unspecified atom stereocenters. The Morgan fingerprint density at radius 2 is 1.96 bits per heavy atom. The maximum atomic E-state index is 5.34. The molecule has 1 saturated heterocycles. The molecule has 0 N–H and O–H groups in total. The van der Waals surface area contributed by atoms with Crippen LogP contribution in [0.25, 0.3) is 0 Å². The van der Waals surface area contributed by atoms with Crippen LogP contribution in [0.4, 0.5) is 5.82 Å². The van der Waals surface area contributed by atoms with Crippen LogP contribution in [0.3, 0.4) is 0 Å². The van der Waals surface area contributed by atoms with Gasteiger partial charge in [0.2, 0.25) is 5.89 Å². The van der Waals surface area contributed by atoms with E-state index in [2.05, 4.69) is 36.8 Å². The van der Waals surface area contributed by atoms with E-state index in [1.807, 2.05) is 6.92 Å². The fraction of sp³-hybridized carbons (Fsp3) is 0.600. The van der Waals surface area contributed by atoms with E-state index < -0.39 is 0 Å². The molecule has 124 valence electrons. The van der Waals surface area contributed by atoms with E-state index in [1.54, 1.807) is 19.5 Å². The average molecular weight is 318 g/mol. The fourth-order valence-electron chi connectivity index (χ4n) is 2.81. The standard InChI is InChI=1S/C15H22N6O2/c1-11-14(17-5-4-16-11)21-8-6-20(7-9-21)12(2)15-18-13(10-22-3)19-23-15/h4-5,12H,6-10H2,1-3H3. The number of aromatic nitrogens is 4. The molecule has 8 heteroatoms. The van der Waals surface area contributed by atoms with E-state index in [-0.39, 0.29) is 6.04 Å². The third kappa shape index (κ3) is 3.48. The molecule has 0 saturated carbocycles. The SMILES string of the molecule is COCc1noc(C(C)N2CCN(c3nccnc3C)CC2)n1. The first kappa shape index (κ1) is 15.8. The topological polar surface area (TPSA) is 80.4 Å². The average Bonchev–Trinajstić information content (AvgIpc) is 3.04. The maximum absolute atomic E-state index is 5.34. The number of anilines is 1. The molecule has 0 aromatic carbocycles. The predicted octanol–water partition coefficient (Wildman–Crippen LogP) is 1.20. The van der Waals surface area contributed by atoms with Gasteiger partial charge in [0, 0.05) is 45.7 Å². The van der Waals surface area contributed by atoms with Gasteiger partial charge in [0.05, 0.1) is 11.7 Å². The van der Waals surface area contributed by atoms with Crippen molar-refractivity contribution in [2.24, 2.45) is 0 Å². The largest absolute Gasteiger partial charge is 0.377 e. The van der Waals surface area contributed by atoms with Crippen LogP contribution >= 0.6 is 0 Å². The molecule has 8 nitrogen and oxygen atoms in total. The van der Waals surface area contributed by atoms with Gasteiger partial charge < -0.3 is 14.2 Å². The highest BCUT2D eigenvalue weighted by molar-refractivity contribution is 5.42. The van der Waals surface area contributed by atoms with E-state index >= 15 is 0 Å². The number of nitrogens with zero attached hydrogens (tertiary/aromatic N) is 6. The molecule has 23 heavy (non-hydrogen) atoms. The lowest BCUT2D eigenvalue weighted by Gasteiger charge is -2.37. The normalized spacial score (nSPS) is 17.4. The molecule has 1 fully saturated rings. The van der Waals surface area contributed by atoms with Gasteiger partial charge in [-0.25, -0.2) is 4.98 Å². The highest BCUT2D eigenvalue weighted by atomic mass is 16.5. The predicted molar refractivity (Wildman–Crippen MR) is 84.0 cm³/mol. The summed E-state index contributed by atoms with van der Waals surface area (Å²) in [6.07, 6.45) is 3.47. The number of hydrogen-bond donors (Lipinski definition) is 0. The number of piperazine rings is 1. The zero-order chi connectivity index (χ0) is 16.2. The molecule has 3 heterocycles. The van der Waals surface area contributed by atoms with Crippen molar-refractivity contribution in [2.75, 3.05) is 38.2 Å². The highest BCUT2D eigenvalue weighted by Crippen LogP contribution is 2.22. The molecule has 0 spiro atoms. The van der Waals surface area contributed by atoms with Gasteiger partial charge in [-0.15, -0.1) is 0 Å². The molecule has 2 aromatic heterocycles. The Kier molecular flexibility index (Phi) is 4.82. The summed E-state index contributed by atoms with van der Waals surface area (Å²) < 4.78 is 10.4. The van der Waals surface area contributed by atoms with Crippen LogP contribution in [-0.4, -0.2) is 58.3 Å². The van der Waals surface area contributed by atoms with Crippen molar-refractivity contribution in [1.29, 1.82) is 0 Å². The molecule has 3 rings (SSSR count). The zero-order valence-electron chi connectivity index (χ0n) is 13.8. The van der Waals surface area contributed by atoms with Gasteiger partial charge in [0.15, 0.2) is 5.82 Å². The summed E-state index contributed by atoms with van der Waals surface area (Å²) in [5.41, 5.74) is 0.968.